The van der Waals surface area contributed by atoms with Crippen LogP contribution in [0.15, 0.2) is 70.2 Å². The predicted octanol–water partition coefficient (Wildman–Crippen LogP) is 4.93. The third kappa shape index (κ3) is 3.64. The molecule has 1 aromatic heterocycles. The number of ether oxygens (including phenoxy) is 1. The molecule has 1 saturated heterocycles. The fourth-order valence-corrected chi connectivity index (χ4v) is 4.31. The van der Waals surface area contributed by atoms with Gasteiger partial charge in [0.25, 0.3) is 5.78 Å². The molecule has 1 unspecified atom stereocenters. The molecule has 3 aromatic rings. The fraction of sp³-hybridized carbons (Fsp3) is 0.136. The summed E-state index contributed by atoms with van der Waals surface area (Å²) in [7, 11) is 0. The maximum atomic E-state index is 13.0. The second-order valence-corrected chi connectivity index (χ2v) is 8.28. The van der Waals surface area contributed by atoms with Crippen molar-refractivity contribution in [3.05, 3.63) is 81.3 Å². The first-order valence-electron chi connectivity index (χ1n) is 9.20. The molecule has 0 radical (unpaired) electrons. The van der Waals surface area contributed by atoms with Crippen LogP contribution in [0.4, 0.5) is 5.13 Å². The molecule has 1 amide bonds. The van der Waals surface area contributed by atoms with Crippen LogP contribution in [0.3, 0.4) is 0 Å². The quantitative estimate of drug-likeness (QED) is 0.315. The van der Waals surface area contributed by atoms with Crippen LogP contribution in [0.25, 0.3) is 5.76 Å². The number of carbonyl (C=O) groups is 2. The maximum Gasteiger partial charge on any atom is 0.301 e. The van der Waals surface area contributed by atoms with Crippen molar-refractivity contribution in [1.82, 2.24) is 4.98 Å². The molecule has 0 saturated carbocycles. The lowest BCUT2D eigenvalue weighted by atomic mass is 9.95. The number of rotatable bonds is 5. The Kier molecular flexibility index (Phi) is 5.69. The van der Waals surface area contributed by atoms with Gasteiger partial charge in [0, 0.05) is 21.6 Å². The van der Waals surface area contributed by atoms with Crippen LogP contribution >= 0.6 is 27.3 Å². The van der Waals surface area contributed by atoms with E-state index in [-0.39, 0.29) is 11.3 Å². The van der Waals surface area contributed by atoms with Crippen molar-refractivity contribution < 1.29 is 19.4 Å². The molecule has 0 spiro atoms. The van der Waals surface area contributed by atoms with Crippen LogP contribution in [0.1, 0.15) is 24.1 Å². The molecular weight excluding hydrogens is 468 g/mol. The number of benzene rings is 2. The van der Waals surface area contributed by atoms with Crippen molar-refractivity contribution in [2.24, 2.45) is 0 Å². The molecule has 2 heterocycles. The van der Waals surface area contributed by atoms with Crippen LogP contribution in [-0.2, 0) is 9.59 Å². The maximum absolute atomic E-state index is 13.0. The largest absolute Gasteiger partial charge is 0.507 e. The van der Waals surface area contributed by atoms with Gasteiger partial charge < -0.3 is 9.84 Å². The summed E-state index contributed by atoms with van der Waals surface area (Å²) in [6.07, 6.45) is 1.57. The topological polar surface area (TPSA) is 79.7 Å². The summed E-state index contributed by atoms with van der Waals surface area (Å²) in [5.41, 5.74) is 1.11. The van der Waals surface area contributed by atoms with E-state index in [4.69, 9.17) is 4.74 Å². The number of aliphatic hydroxyl groups is 1. The van der Waals surface area contributed by atoms with Gasteiger partial charge in [-0.1, -0.05) is 40.2 Å². The van der Waals surface area contributed by atoms with Crippen molar-refractivity contribution in [3.63, 3.8) is 0 Å². The Morgan fingerprint density at radius 1 is 1.23 bits per heavy atom. The molecule has 152 valence electrons. The highest BCUT2D eigenvalue weighted by molar-refractivity contribution is 9.10. The van der Waals surface area contributed by atoms with Crippen LogP contribution in [0.2, 0.25) is 0 Å². The highest BCUT2D eigenvalue weighted by Crippen LogP contribution is 2.43. The van der Waals surface area contributed by atoms with Gasteiger partial charge in [0.15, 0.2) is 5.13 Å². The number of aromatic nitrogens is 1. The summed E-state index contributed by atoms with van der Waals surface area (Å²) in [6, 6.07) is 13.3. The molecule has 4 rings (SSSR count). The standard InChI is InChI=1S/C22H17BrN2O4S/c1-2-29-16-5-3-4-14(12-16)19(26)17-18(13-6-8-15(23)9-7-13)25(21(28)20(17)27)22-24-10-11-30-22/h3-12,18,26H,2H2,1H3/b19-17+. The minimum absolute atomic E-state index is 0.0196. The highest BCUT2D eigenvalue weighted by Gasteiger charge is 2.47. The zero-order chi connectivity index (χ0) is 21.3. The molecular formula is C22H17BrN2O4S. The van der Waals surface area contributed by atoms with Crippen LogP contribution in [0.5, 0.6) is 5.75 Å². The normalized spacial score (nSPS) is 18.1. The number of hydrogen-bond donors (Lipinski definition) is 1. The van der Waals surface area contributed by atoms with E-state index in [0.717, 1.165) is 4.47 Å². The molecule has 0 bridgehead atoms. The van der Waals surface area contributed by atoms with Crippen molar-refractivity contribution in [2.45, 2.75) is 13.0 Å². The van der Waals surface area contributed by atoms with E-state index >= 15 is 0 Å². The molecule has 1 N–H and O–H groups in total. The van der Waals surface area contributed by atoms with Gasteiger partial charge >= 0.3 is 5.91 Å². The van der Waals surface area contributed by atoms with Gasteiger partial charge in [0.2, 0.25) is 0 Å². The van der Waals surface area contributed by atoms with Crippen molar-refractivity contribution in [1.29, 1.82) is 0 Å². The zero-order valence-electron chi connectivity index (χ0n) is 15.9. The number of aliphatic hydroxyl groups excluding tert-OH is 1. The summed E-state index contributed by atoms with van der Waals surface area (Å²) >= 11 is 4.66. The molecule has 30 heavy (non-hydrogen) atoms. The van der Waals surface area contributed by atoms with E-state index in [2.05, 4.69) is 20.9 Å². The van der Waals surface area contributed by atoms with Gasteiger partial charge in [-0.15, -0.1) is 11.3 Å². The Morgan fingerprint density at radius 3 is 2.67 bits per heavy atom. The highest BCUT2D eigenvalue weighted by atomic mass is 79.9. The Labute approximate surface area is 185 Å². The van der Waals surface area contributed by atoms with Crippen molar-refractivity contribution in [2.75, 3.05) is 11.5 Å². The molecule has 0 aliphatic carbocycles. The number of hydrogen-bond acceptors (Lipinski definition) is 6. The van der Waals surface area contributed by atoms with Gasteiger partial charge in [0.1, 0.15) is 11.5 Å². The number of thiazole rings is 1. The Balaban J connectivity index is 1.90. The summed E-state index contributed by atoms with van der Waals surface area (Å²) in [4.78, 5) is 31.5. The predicted molar refractivity (Wildman–Crippen MR) is 119 cm³/mol. The third-order valence-corrected chi connectivity index (χ3v) is 5.97. The number of ketones is 1. The van der Waals surface area contributed by atoms with Gasteiger partial charge in [0.05, 0.1) is 18.2 Å². The average molecular weight is 485 g/mol. The number of carbonyl (C=O) groups excluding carboxylic acids is 2. The Bertz CT molecular complexity index is 1130. The van der Waals surface area contributed by atoms with Gasteiger partial charge in [-0.3, -0.25) is 14.5 Å². The molecule has 1 aliphatic rings. The van der Waals surface area contributed by atoms with Crippen molar-refractivity contribution >= 4 is 49.8 Å². The first kappa shape index (κ1) is 20.3. The summed E-state index contributed by atoms with van der Waals surface area (Å²) in [5, 5.41) is 13.2. The summed E-state index contributed by atoms with van der Waals surface area (Å²) in [6.45, 7) is 2.33. The molecule has 2 aromatic carbocycles. The molecule has 8 heteroatoms. The van der Waals surface area contributed by atoms with E-state index < -0.39 is 17.7 Å². The summed E-state index contributed by atoms with van der Waals surface area (Å²) < 4.78 is 6.37. The van der Waals surface area contributed by atoms with Crippen LogP contribution in [-0.4, -0.2) is 28.4 Å². The third-order valence-electron chi connectivity index (χ3n) is 4.67. The number of anilines is 1. The first-order chi connectivity index (χ1) is 14.5. The van der Waals surface area contributed by atoms with Gasteiger partial charge in [-0.2, -0.15) is 0 Å². The van der Waals surface area contributed by atoms with E-state index in [1.807, 2.05) is 31.2 Å². The van der Waals surface area contributed by atoms with E-state index in [1.165, 1.54) is 16.2 Å². The Morgan fingerprint density at radius 2 is 2.00 bits per heavy atom. The zero-order valence-corrected chi connectivity index (χ0v) is 18.3. The second kappa shape index (κ2) is 8.41. The summed E-state index contributed by atoms with van der Waals surface area (Å²) in [5.74, 6) is -1.16. The lowest BCUT2D eigenvalue weighted by Crippen LogP contribution is -2.29. The lowest BCUT2D eigenvalue weighted by Gasteiger charge is -2.23. The minimum Gasteiger partial charge on any atom is -0.507 e. The molecule has 1 fully saturated rings. The monoisotopic (exact) mass is 484 g/mol. The molecule has 6 nitrogen and oxygen atoms in total. The smallest absolute Gasteiger partial charge is 0.301 e. The molecule has 1 atom stereocenters. The number of Topliss-reactive ketones (excluding diaryl/α,β-unsaturated/α-hetero) is 1. The number of nitrogens with zero attached hydrogens (tertiary/aromatic N) is 2. The lowest BCUT2D eigenvalue weighted by molar-refractivity contribution is -0.132. The van der Waals surface area contributed by atoms with Crippen molar-refractivity contribution in [3.8, 4) is 5.75 Å². The first-order valence-corrected chi connectivity index (χ1v) is 10.9. The number of halogens is 1. The van der Waals surface area contributed by atoms with Crippen LogP contribution < -0.4 is 9.64 Å². The SMILES string of the molecule is CCOc1cccc(/C(O)=C2\C(=O)C(=O)N(c3nccs3)C2c2ccc(Br)cc2)c1. The van der Waals surface area contributed by atoms with E-state index in [0.29, 0.717) is 28.6 Å². The van der Waals surface area contributed by atoms with Gasteiger partial charge in [-0.05, 0) is 36.8 Å². The fourth-order valence-electron chi connectivity index (χ4n) is 3.38. The number of amides is 1. The molecule has 1 aliphatic heterocycles. The average Bonchev–Trinajstić information content (AvgIpc) is 3.36. The van der Waals surface area contributed by atoms with E-state index in [9.17, 15) is 14.7 Å². The van der Waals surface area contributed by atoms with Gasteiger partial charge in [-0.25, -0.2) is 4.98 Å². The Hall–Kier alpha value is -2.97. The second-order valence-electron chi connectivity index (χ2n) is 6.50. The van der Waals surface area contributed by atoms with E-state index in [1.54, 1.807) is 35.8 Å². The minimum atomic E-state index is -0.792. The van der Waals surface area contributed by atoms with Crippen LogP contribution in [0, 0.1) is 0 Å².